The van der Waals surface area contributed by atoms with Gasteiger partial charge in [0, 0.05) is 22.4 Å². The van der Waals surface area contributed by atoms with Crippen LogP contribution in [-0.4, -0.2) is 19.6 Å². The van der Waals surface area contributed by atoms with Crippen LogP contribution < -0.4 is 10.2 Å². The summed E-state index contributed by atoms with van der Waals surface area (Å²) in [6, 6.07) is 17.7. The molecule has 1 atom stereocenters. The van der Waals surface area contributed by atoms with Crippen molar-refractivity contribution in [3.63, 3.8) is 0 Å². The first kappa shape index (κ1) is 15.2. The van der Waals surface area contributed by atoms with E-state index in [9.17, 15) is 0 Å². The summed E-state index contributed by atoms with van der Waals surface area (Å²) in [6.45, 7) is 3.19. The first-order valence-electron chi connectivity index (χ1n) is 6.60. The number of anilines is 2. The van der Waals surface area contributed by atoms with Crippen molar-refractivity contribution in [3.8, 4) is 0 Å². The summed E-state index contributed by atoms with van der Waals surface area (Å²) < 4.78 is 0. The zero-order valence-corrected chi connectivity index (χ0v) is 13.3. The highest BCUT2D eigenvalue weighted by atomic mass is 35.5. The molecule has 106 valence electrons. The van der Waals surface area contributed by atoms with Crippen LogP contribution in [0, 0.1) is 0 Å². The smallest absolute Gasteiger partial charge is 0.0553 e. The van der Waals surface area contributed by atoms with E-state index in [1.54, 1.807) is 0 Å². The minimum Gasteiger partial charge on any atom is -0.338 e. The molecule has 1 aliphatic heterocycles. The number of rotatable bonds is 3. The van der Waals surface area contributed by atoms with Gasteiger partial charge in [0.2, 0.25) is 0 Å². The Morgan fingerprint density at radius 1 is 1.00 bits per heavy atom. The Bertz CT molecular complexity index is 543. The lowest BCUT2D eigenvalue weighted by Crippen LogP contribution is -2.36. The second-order valence-corrected chi connectivity index (χ2v) is 5.92. The van der Waals surface area contributed by atoms with Crippen LogP contribution in [-0.2, 0) is 0 Å². The van der Waals surface area contributed by atoms with Gasteiger partial charge in [0.05, 0.1) is 11.4 Å². The molecule has 0 fully saturated rings. The fourth-order valence-corrected chi connectivity index (χ4v) is 3.44. The Morgan fingerprint density at radius 3 is 2.00 bits per heavy atom. The van der Waals surface area contributed by atoms with Crippen molar-refractivity contribution >= 4 is 35.5 Å². The summed E-state index contributed by atoms with van der Waals surface area (Å²) in [5, 5.41) is 3.33. The van der Waals surface area contributed by atoms with Gasteiger partial charge in [-0.2, -0.15) is 0 Å². The highest BCUT2D eigenvalue weighted by molar-refractivity contribution is 7.99. The fraction of sp³-hybridized carbons (Fsp3) is 0.250. The third-order valence-electron chi connectivity index (χ3n) is 3.48. The molecule has 0 aliphatic carbocycles. The lowest BCUT2D eigenvalue weighted by atomic mass is 10.2. The lowest BCUT2D eigenvalue weighted by molar-refractivity contribution is 0.611. The third kappa shape index (κ3) is 2.80. The van der Waals surface area contributed by atoms with Crippen LogP contribution in [0.2, 0.25) is 0 Å². The number of nitrogens with zero attached hydrogens (tertiary/aromatic N) is 1. The Balaban J connectivity index is 0.00000147. The molecule has 1 heterocycles. The number of hydrogen-bond acceptors (Lipinski definition) is 3. The van der Waals surface area contributed by atoms with E-state index in [0.29, 0.717) is 6.04 Å². The monoisotopic (exact) mass is 306 g/mol. The summed E-state index contributed by atoms with van der Waals surface area (Å²) in [5.74, 6) is 0. The second-order valence-electron chi connectivity index (χ2n) is 4.84. The molecule has 20 heavy (non-hydrogen) atoms. The van der Waals surface area contributed by atoms with E-state index in [1.165, 1.54) is 21.2 Å². The maximum Gasteiger partial charge on any atom is 0.0553 e. The molecular weight excluding hydrogens is 288 g/mol. The van der Waals surface area contributed by atoms with Gasteiger partial charge in [-0.15, -0.1) is 12.4 Å². The SMILES string of the molecule is CNC(C)CN1c2ccccc2Sc2ccccc21.Cl. The molecule has 0 saturated heterocycles. The second kappa shape index (κ2) is 6.53. The van der Waals surface area contributed by atoms with Crippen molar-refractivity contribution in [1.82, 2.24) is 5.32 Å². The van der Waals surface area contributed by atoms with E-state index in [-0.39, 0.29) is 12.4 Å². The average Bonchev–Trinajstić information content (AvgIpc) is 2.46. The highest BCUT2D eigenvalue weighted by Crippen LogP contribution is 2.47. The molecule has 0 spiro atoms. The molecule has 0 aromatic heterocycles. The number of hydrogen-bond donors (Lipinski definition) is 1. The molecule has 1 unspecified atom stereocenters. The average molecular weight is 307 g/mol. The number of halogens is 1. The third-order valence-corrected chi connectivity index (χ3v) is 4.61. The van der Waals surface area contributed by atoms with Crippen LogP contribution in [0.25, 0.3) is 0 Å². The van der Waals surface area contributed by atoms with Gasteiger partial charge in [0.1, 0.15) is 0 Å². The molecule has 0 amide bonds. The van der Waals surface area contributed by atoms with Gasteiger partial charge < -0.3 is 10.2 Å². The Labute approximate surface area is 131 Å². The van der Waals surface area contributed by atoms with Gasteiger partial charge in [-0.1, -0.05) is 36.0 Å². The zero-order chi connectivity index (χ0) is 13.2. The summed E-state index contributed by atoms with van der Waals surface area (Å²) in [5.41, 5.74) is 2.63. The number of nitrogens with one attached hydrogen (secondary N) is 1. The van der Waals surface area contributed by atoms with Crippen molar-refractivity contribution in [2.24, 2.45) is 0 Å². The molecule has 2 nitrogen and oxygen atoms in total. The molecule has 0 bridgehead atoms. The molecule has 1 aliphatic rings. The van der Waals surface area contributed by atoms with Gasteiger partial charge in [-0.25, -0.2) is 0 Å². The molecule has 4 heteroatoms. The first-order valence-corrected chi connectivity index (χ1v) is 7.42. The maximum absolute atomic E-state index is 3.33. The topological polar surface area (TPSA) is 15.3 Å². The van der Waals surface area contributed by atoms with Gasteiger partial charge in [-0.05, 0) is 38.2 Å². The van der Waals surface area contributed by atoms with E-state index in [0.717, 1.165) is 6.54 Å². The molecule has 0 radical (unpaired) electrons. The van der Waals surface area contributed by atoms with Gasteiger partial charge >= 0.3 is 0 Å². The van der Waals surface area contributed by atoms with Gasteiger partial charge in [0.15, 0.2) is 0 Å². The summed E-state index contributed by atoms with van der Waals surface area (Å²) >= 11 is 1.86. The Kier molecular flexibility index (Phi) is 4.97. The Hall–Kier alpha value is -1.16. The molecule has 2 aromatic carbocycles. The molecule has 2 aromatic rings. The van der Waals surface area contributed by atoms with Crippen LogP contribution in [0.3, 0.4) is 0 Å². The largest absolute Gasteiger partial charge is 0.338 e. The summed E-state index contributed by atoms with van der Waals surface area (Å²) in [7, 11) is 2.02. The van der Waals surface area contributed by atoms with E-state index in [1.807, 2.05) is 18.8 Å². The number of benzene rings is 2. The molecular formula is C16H19ClN2S. The van der Waals surface area contributed by atoms with Crippen LogP contribution in [0.15, 0.2) is 58.3 Å². The number of para-hydroxylation sites is 2. The minimum absolute atomic E-state index is 0. The van der Waals surface area contributed by atoms with Crippen molar-refractivity contribution in [3.05, 3.63) is 48.5 Å². The minimum atomic E-state index is 0. The predicted octanol–water partition coefficient (Wildman–Crippen LogP) is 4.32. The van der Waals surface area contributed by atoms with Crippen molar-refractivity contribution in [2.75, 3.05) is 18.5 Å². The van der Waals surface area contributed by atoms with Crippen molar-refractivity contribution in [1.29, 1.82) is 0 Å². The molecule has 0 saturated carbocycles. The van der Waals surface area contributed by atoms with Crippen molar-refractivity contribution in [2.45, 2.75) is 22.8 Å². The fourth-order valence-electron chi connectivity index (χ4n) is 2.34. The van der Waals surface area contributed by atoms with Gasteiger partial charge in [0.25, 0.3) is 0 Å². The van der Waals surface area contributed by atoms with E-state index >= 15 is 0 Å². The maximum atomic E-state index is 3.33. The summed E-state index contributed by atoms with van der Waals surface area (Å²) in [4.78, 5) is 5.09. The first-order chi connectivity index (χ1) is 9.29. The number of fused-ring (bicyclic) bond motifs is 2. The highest BCUT2D eigenvalue weighted by Gasteiger charge is 2.23. The zero-order valence-electron chi connectivity index (χ0n) is 11.7. The van der Waals surface area contributed by atoms with Crippen molar-refractivity contribution < 1.29 is 0 Å². The van der Waals surface area contributed by atoms with Crippen LogP contribution in [0.1, 0.15) is 6.92 Å². The standard InChI is InChI=1S/C16H18N2S.ClH/c1-12(17-2)11-18-13-7-3-5-9-15(13)19-16-10-6-4-8-14(16)18;/h3-10,12,17H,11H2,1-2H3;1H. The summed E-state index contributed by atoms with van der Waals surface area (Å²) in [6.07, 6.45) is 0. The van der Waals surface area contributed by atoms with Crippen LogP contribution in [0.5, 0.6) is 0 Å². The van der Waals surface area contributed by atoms with E-state index in [2.05, 4.69) is 65.7 Å². The molecule has 3 rings (SSSR count). The predicted molar refractivity (Wildman–Crippen MR) is 89.8 cm³/mol. The van der Waals surface area contributed by atoms with Crippen LogP contribution >= 0.6 is 24.2 Å². The number of likely N-dealkylation sites (N-methyl/N-ethyl adjacent to an activating group) is 1. The Morgan fingerprint density at radius 2 is 1.50 bits per heavy atom. The lowest BCUT2D eigenvalue weighted by Gasteiger charge is -2.34. The normalized spacial score (nSPS) is 14.0. The van der Waals surface area contributed by atoms with E-state index in [4.69, 9.17) is 0 Å². The quantitative estimate of drug-likeness (QED) is 0.909. The van der Waals surface area contributed by atoms with Crippen LogP contribution in [0.4, 0.5) is 11.4 Å². The molecule has 1 N–H and O–H groups in total. The van der Waals surface area contributed by atoms with Gasteiger partial charge in [-0.3, -0.25) is 0 Å². The van der Waals surface area contributed by atoms with E-state index < -0.39 is 0 Å².